The lowest BCUT2D eigenvalue weighted by molar-refractivity contribution is -0.121. The Kier molecular flexibility index (Phi) is 5.58. The lowest BCUT2D eigenvalue weighted by Gasteiger charge is -2.30. The van der Waals surface area contributed by atoms with Gasteiger partial charge in [-0.25, -0.2) is 0 Å². The fourth-order valence-corrected chi connectivity index (χ4v) is 3.66. The van der Waals surface area contributed by atoms with Crippen LogP contribution < -0.4 is 10.1 Å². The highest BCUT2D eigenvalue weighted by Crippen LogP contribution is 2.24. The highest BCUT2D eigenvalue weighted by molar-refractivity contribution is 5.92. The fraction of sp³-hybridized carbons (Fsp3) is 0.364. The second kappa shape index (κ2) is 8.44. The molecule has 1 aliphatic heterocycles. The number of benzene rings is 2. The number of aromatic nitrogens is 1. The summed E-state index contributed by atoms with van der Waals surface area (Å²) >= 11 is 0. The van der Waals surface area contributed by atoms with Crippen molar-refractivity contribution in [2.75, 3.05) is 25.0 Å². The fourth-order valence-electron chi connectivity index (χ4n) is 3.66. The molecule has 4 rings (SSSR count). The zero-order valence-electron chi connectivity index (χ0n) is 16.1. The maximum atomic E-state index is 12.6. The third kappa shape index (κ3) is 4.17. The number of piperidine rings is 1. The van der Waals surface area contributed by atoms with E-state index in [-0.39, 0.29) is 11.8 Å². The minimum Gasteiger partial charge on any atom is -0.494 e. The predicted octanol–water partition coefficient (Wildman–Crippen LogP) is 4.08. The van der Waals surface area contributed by atoms with Crippen molar-refractivity contribution in [1.29, 1.82) is 0 Å². The number of anilines is 1. The number of nitrogens with zero attached hydrogens (tertiary/aromatic N) is 2. The van der Waals surface area contributed by atoms with Crippen LogP contribution in [0.1, 0.15) is 25.5 Å². The Morgan fingerprint density at radius 2 is 1.93 bits per heavy atom. The maximum Gasteiger partial charge on any atom is 0.227 e. The molecule has 0 saturated carbocycles. The number of rotatable bonds is 6. The second-order valence-corrected chi connectivity index (χ2v) is 7.12. The molecule has 0 spiro atoms. The molecule has 0 aliphatic carbocycles. The van der Waals surface area contributed by atoms with Crippen molar-refractivity contribution < 1.29 is 14.1 Å². The Balaban J connectivity index is 1.29. The van der Waals surface area contributed by atoms with Gasteiger partial charge < -0.3 is 14.6 Å². The first-order valence-corrected chi connectivity index (χ1v) is 9.82. The average molecular weight is 379 g/mol. The third-order valence-electron chi connectivity index (χ3n) is 5.22. The SMILES string of the molecule is CCOc1ccc(NC(=O)C2CCN(Cc3noc4ccccc34)CC2)cc1. The summed E-state index contributed by atoms with van der Waals surface area (Å²) in [5, 5.41) is 8.31. The Morgan fingerprint density at radius 1 is 1.18 bits per heavy atom. The van der Waals surface area contributed by atoms with Crippen molar-refractivity contribution in [3.8, 4) is 5.75 Å². The minimum absolute atomic E-state index is 0.0388. The molecule has 1 saturated heterocycles. The van der Waals surface area contributed by atoms with E-state index >= 15 is 0 Å². The van der Waals surface area contributed by atoms with Crippen LogP contribution in [-0.4, -0.2) is 35.7 Å². The summed E-state index contributed by atoms with van der Waals surface area (Å²) in [6, 6.07) is 15.4. The molecule has 1 fully saturated rings. The van der Waals surface area contributed by atoms with Gasteiger partial charge in [0.15, 0.2) is 5.58 Å². The van der Waals surface area contributed by atoms with Crippen LogP contribution in [0.5, 0.6) is 5.75 Å². The van der Waals surface area contributed by atoms with Crippen molar-refractivity contribution in [3.63, 3.8) is 0 Å². The highest BCUT2D eigenvalue weighted by atomic mass is 16.5. The van der Waals surface area contributed by atoms with Gasteiger partial charge in [0.1, 0.15) is 11.4 Å². The van der Waals surface area contributed by atoms with E-state index in [2.05, 4.69) is 15.4 Å². The van der Waals surface area contributed by atoms with Crippen molar-refractivity contribution in [1.82, 2.24) is 10.1 Å². The Bertz CT molecular complexity index is 928. The Morgan fingerprint density at radius 3 is 2.68 bits per heavy atom. The number of hydrogen-bond donors (Lipinski definition) is 1. The van der Waals surface area contributed by atoms with E-state index in [1.165, 1.54) is 0 Å². The Labute approximate surface area is 164 Å². The van der Waals surface area contributed by atoms with Gasteiger partial charge >= 0.3 is 0 Å². The van der Waals surface area contributed by atoms with E-state index in [1.54, 1.807) is 0 Å². The molecule has 146 valence electrons. The number of hydrogen-bond acceptors (Lipinski definition) is 5. The van der Waals surface area contributed by atoms with Crippen molar-refractivity contribution in [2.45, 2.75) is 26.3 Å². The highest BCUT2D eigenvalue weighted by Gasteiger charge is 2.26. The molecular formula is C22H25N3O3. The summed E-state index contributed by atoms with van der Waals surface area (Å²) in [6.45, 7) is 5.09. The van der Waals surface area contributed by atoms with Crippen LogP contribution in [0.4, 0.5) is 5.69 Å². The first kappa shape index (κ1) is 18.5. The van der Waals surface area contributed by atoms with Crippen LogP contribution >= 0.6 is 0 Å². The third-order valence-corrected chi connectivity index (χ3v) is 5.22. The number of likely N-dealkylation sites (tertiary alicyclic amines) is 1. The number of carbonyl (C=O) groups excluding carboxylic acids is 1. The van der Waals surface area contributed by atoms with Crippen LogP contribution in [0.25, 0.3) is 11.0 Å². The lowest BCUT2D eigenvalue weighted by atomic mass is 9.95. The van der Waals surface area contributed by atoms with Gasteiger partial charge in [0.2, 0.25) is 5.91 Å². The molecule has 1 aliphatic rings. The molecule has 0 unspecified atom stereocenters. The molecule has 28 heavy (non-hydrogen) atoms. The van der Waals surface area contributed by atoms with Crippen LogP contribution in [0.15, 0.2) is 53.1 Å². The monoisotopic (exact) mass is 379 g/mol. The topological polar surface area (TPSA) is 67.6 Å². The normalized spacial score (nSPS) is 15.6. The van der Waals surface area contributed by atoms with Crippen LogP contribution in [0.2, 0.25) is 0 Å². The second-order valence-electron chi connectivity index (χ2n) is 7.12. The van der Waals surface area contributed by atoms with Gasteiger partial charge in [0, 0.05) is 23.5 Å². The molecular weight excluding hydrogens is 354 g/mol. The molecule has 2 heterocycles. The van der Waals surface area contributed by atoms with Gasteiger partial charge in [-0.2, -0.15) is 0 Å². The average Bonchev–Trinajstić information content (AvgIpc) is 3.13. The lowest BCUT2D eigenvalue weighted by Crippen LogP contribution is -2.37. The zero-order valence-corrected chi connectivity index (χ0v) is 16.1. The van der Waals surface area contributed by atoms with Crippen molar-refractivity contribution in [3.05, 3.63) is 54.2 Å². The van der Waals surface area contributed by atoms with E-state index in [1.807, 2.05) is 55.5 Å². The largest absolute Gasteiger partial charge is 0.494 e. The molecule has 1 N–H and O–H groups in total. The summed E-state index contributed by atoms with van der Waals surface area (Å²) in [5.74, 6) is 0.946. The maximum absolute atomic E-state index is 12.6. The van der Waals surface area contributed by atoms with Gasteiger partial charge in [-0.05, 0) is 69.3 Å². The number of ether oxygens (including phenoxy) is 1. The summed E-state index contributed by atoms with van der Waals surface area (Å²) in [6.07, 6.45) is 1.69. The number of carbonyl (C=O) groups is 1. The van der Waals surface area contributed by atoms with Crippen LogP contribution in [0, 0.1) is 5.92 Å². The summed E-state index contributed by atoms with van der Waals surface area (Å²) in [5.41, 5.74) is 2.60. The minimum atomic E-state index is 0.0388. The van der Waals surface area contributed by atoms with E-state index in [9.17, 15) is 4.79 Å². The number of fused-ring (bicyclic) bond motifs is 1. The molecule has 0 bridgehead atoms. The first-order valence-electron chi connectivity index (χ1n) is 9.82. The summed E-state index contributed by atoms with van der Waals surface area (Å²) < 4.78 is 10.8. The molecule has 3 aromatic rings. The molecule has 0 atom stereocenters. The standard InChI is InChI=1S/C22H25N3O3/c1-2-27-18-9-7-17(8-10-18)23-22(26)16-11-13-25(14-12-16)15-20-19-5-3-4-6-21(19)28-24-20/h3-10,16H,2,11-15H2,1H3,(H,23,26). The molecule has 6 heteroatoms. The van der Waals surface area contributed by atoms with E-state index in [4.69, 9.17) is 9.26 Å². The Hall–Kier alpha value is -2.86. The van der Waals surface area contributed by atoms with Crippen molar-refractivity contribution in [2.24, 2.45) is 5.92 Å². The first-order chi connectivity index (χ1) is 13.7. The smallest absolute Gasteiger partial charge is 0.227 e. The number of nitrogens with one attached hydrogen (secondary N) is 1. The molecule has 0 radical (unpaired) electrons. The van der Waals surface area contributed by atoms with E-state index < -0.39 is 0 Å². The van der Waals surface area contributed by atoms with E-state index in [0.717, 1.165) is 60.6 Å². The van der Waals surface area contributed by atoms with Crippen LogP contribution in [-0.2, 0) is 11.3 Å². The van der Waals surface area contributed by atoms with Gasteiger partial charge in [-0.1, -0.05) is 17.3 Å². The summed E-state index contributed by atoms with van der Waals surface area (Å²) in [4.78, 5) is 14.9. The van der Waals surface area contributed by atoms with Crippen LogP contribution in [0.3, 0.4) is 0 Å². The van der Waals surface area contributed by atoms with Gasteiger partial charge in [-0.15, -0.1) is 0 Å². The summed E-state index contributed by atoms with van der Waals surface area (Å²) in [7, 11) is 0. The molecule has 1 aromatic heterocycles. The van der Waals surface area contributed by atoms with Crippen molar-refractivity contribution >= 4 is 22.6 Å². The number of amides is 1. The van der Waals surface area contributed by atoms with Gasteiger partial charge in [-0.3, -0.25) is 9.69 Å². The zero-order chi connectivity index (χ0) is 19.3. The van der Waals surface area contributed by atoms with Gasteiger partial charge in [0.05, 0.1) is 6.61 Å². The predicted molar refractivity (Wildman–Crippen MR) is 108 cm³/mol. The molecule has 6 nitrogen and oxygen atoms in total. The van der Waals surface area contributed by atoms with Gasteiger partial charge in [0.25, 0.3) is 0 Å². The molecule has 2 aromatic carbocycles. The quantitative estimate of drug-likeness (QED) is 0.699. The molecule has 1 amide bonds. The van der Waals surface area contributed by atoms with E-state index in [0.29, 0.717) is 6.61 Å². The number of para-hydroxylation sites is 1.